The normalized spacial score (nSPS) is 21.0. The molecule has 0 radical (unpaired) electrons. The molecule has 1 aromatic rings. The molecule has 4 heteroatoms. The summed E-state index contributed by atoms with van der Waals surface area (Å²) in [5.74, 6) is 1.94. The lowest BCUT2D eigenvalue weighted by atomic mass is 10.0. The predicted octanol–water partition coefficient (Wildman–Crippen LogP) is 4.09. The first-order valence-corrected chi connectivity index (χ1v) is 7.28. The van der Waals surface area contributed by atoms with E-state index in [4.69, 9.17) is 23.2 Å². The number of benzene rings is 1. The highest BCUT2D eigenvalue weighted by atomic mass is 35.5. The molecule has 16 heavy (non-hydrogen) atoms. The first-order valence-electron chi connectivity index (χ1n) is 5.54. The summed E-state index contributed by atoms with van der Waals surface area (Å²) in [6.07, 6.45) is 2.63. The van der Waals surface area contributed by atoms with Crippen molar-refractivity contribution in [1.82, 2.24) is 5.32 Å². The quantitative estimate of drug-likeness (QED) is 0.835. The van der Waals surface area contributed by atoms with Crippen LogP contribution >= 0.6 is 35.0 Å². The second kappa shape index (κ2) is 6.15. The van der Waals surface area contributed by atoms with Crippen LogP contribution in [0.4, 0.5) is 0 Å². The van der Waals surface area contributed by atoms with Gasteiger partial charge in [0.25, 0.3) is 0 Å². The van der Waals surface area contributed by atoms with E-state index in [1.54, 1.807) is 0 Å². The number of halogens is 2. The minimum atomic E-state index is 0.630. The van der Waals surface area contributed by atoms with Gasteiger partial charge in [0, 0.05) is 10.6 Å². The van der Waals surface area contributed by atoms with E-state index in [9.17, 15) is 0 Å². The Kier molecular flexibility index (Phi) is 4.83. The van der Waals surface area contributed by atoms with Crippen LogP contribution in [0.15, 0.2) is 23.1 Å². The van der Waals surface area contributed by atoms with Gasteiger partial charge in [0.2, 0.25) is 0 Å². The molecule has 0 amide bonds. The summed E-state index contributed by atoms with van der Waals surface area (Å²) in [5.41, 5.74) is 0. The van der Waals surface area contributed by atoms with Gasteiger partial charge in [-0.3, -0.25) is 0 Å². The van der Waals surface area contributed by atoms with Crippen molar-refractivity contribution in [1.29, 1.82) is 0 Å². The fraction of sp³-hybridized carbons (Fsp3) is 0.500. The van der Waals surface area contributed by atoms with Crippen molar-refractivity contribution >= 4 is 35.0 Å². The van der Waals surface area contributed by atoms with Gasteiger partial charge in [-0.25, -0.2) is 0 Å². The summed E-state index contributed by atoms with van der Waals surface area (Å²) < 4.78 is 0. The molecule has 1 aromatic carbocycles. The molecule has 1 saturated heterocycles. The van der Waals surface area contributed by atoms with Crippen molar-refractivity contribution in [2.24, 2.45) is 5.92 Å². The van der Waals surface area contributed by atoms with Crippen LogP contribution in [0.2, 0.25) is 10.0 Å². The summed E-state index contributed by atoms with van der Waals surface area (Å²) >= 11 is 13.7. The van der Waals surface area contributed by atoms with E-state index < -0.39 is 0 Å². The van der Waals surface area contributed by atoms with Gasteiger partial charge < -0.3 is 5.32 Å². The molecular formula is C12H15Cl2NS. The van der Waals surface area contributed by atoms with Crippen molar-refractivity contribution in [3.05, 3.63) is 28.2 Å². The summed E-state index contributed by atoms with van der Waals surface area (Å²) in [7, 11) is 0. The van der Waals surface area contributed by atoms with E-state index >= 15 is 0 Å². The molecule has 1 fully saturated rings. The van der Waals surface area contributed by atoms with E-state index in [-0.39, 0.29) is 0 Å². The molecule has 0 spiro atoms. The average Bonchev–Trinajstić information content (AvgIpc) is 2.32. The van der Waals surface area contributed by atoms with Gasteiger partial charge >= 0.3 is 0 Å². The molecule has 1 nitrogen and oxygen atoms in total. The van der Waals surface area contributed by atoms with Crippen LogP contribution in [-0.2, 0) is 0 Å². The van der Waals surface area contributed by atoms with E-state index in [1.807, 2.05) is 30.0 Å². The number of thioether (sulfide) groups is 1. The molecule has 2 rings (SSSR count). The van der Waals surface area contributed by atoms with Crippen LogP contribution in [0.3, 0.4) is 0 Å². The lowest BCUT2D eigenvalue weighted by Gasteiger charge is -2.22. The van der Waals surface area contributed by atoms with Crippen LogP contribution in [0.1, 0.15) is 12.8 Å². The standard InChI is InChI=1S/C12H15Cl2NS/c13-11-4-3-10(6-12(11)14)16-8-9-2-1-5-15-7-9/h3-4,6,9,15H,1-2,5,7-8H2. The molecular weight excluding hydrogens is 261 g/mol. The molecule has 1 unspecified atom stereocenters. The van der Waals surface area contributed by atoms with E-state index in [2.05, 4.69) is 5.32 Å². The first-order chi connectivity index (χ1) is 7.75. The fourth-order valence-corrected chi connectivity index (χ4v) is 3.29. The van der Waals surface area contributed by atoms with Crippen molar-refractivity contribution in [3.63, 3.8) is 0 Å². The second-order valence-electron chi connectivity index (χ2n) is 4.10. The monoisotopic (exact) mass is 275 g/mol. The lowest BCUT2D eigenvalue weighted by molar-refractivity contribution is 0.410. The van der Waals surface area contributed by atoms with Gasteiger partial charge in [0.15, 0.2) is 0 Å². The lowest BCUT2D eigenvalue weighted by Crippen LogP contribution is -2.30. The Labute approximate surface area is 111 Å². The van der Waals surface area contributed by atoms with Gasteiger partial charge in [-0.15, -0.1) is 11.8 Å². The third kappa shape index (κ3) is 3.56. The molecule has 1 aliphatic heterocycles. The Morgan fingerprint density at radius 2 is 2.19 bits per heavy atom. The Bertz CT molecular complexity index is 351. The average molecular weight is 276 g/mol. The third-order valence-electron chi connectivity index (χ3n) is 2.78. The van der Waals surface area contributed by atoms with Crippen LogP contribution in [0.5, 0.6) is 0 Å². The molecule has 1 atom stereocenters. The van der Waals surface area contributed by atoms with Crippen molar-refractivity contribution in [2.75, 3.05) is 18.8 Å². The molecule has 0 aromatic heterocycles. The zero-order valence-electron chi connectivity index (χ0n) is 9.01. The topological polar surface area (TPSA) is 12.0 Å². The number of rotatable bonds is 3. The minimum absolute atomic E-state index is 0.630. The fourth-order valence-electron chi connectivity index (χ4n) is 1.85. The van der Waals surface area contributed by atoms with Gasteiger partial charge in [0.05, 0.1) is 10.0 Å². The van der Waals surface area contributed by atoms with E-state index in [0.29, 0.717) is 10.0 Å². The maximum absolute atomic E-state index is 5.98. The Balaban J connectivity index is 1.86. The van der Waals surface area contributed by atoms with Crippen LogP contribution in [-0.4, -0.2) is 18.8 Å². The molecule has 1 heterocycles. The van der Waals surface area contributed by atoms with Gasteiger partial charge in [-0.1, -0.05) is 23.2 Å². The third-order valence-corrected chi connectivity index (χ3v) is 4.74. The van der Waals surface area contributed by atoms with E-state index in [0.717, 1.165) is 18.2 Å². The Morgan fingerprint density at radius 1 is 1.31 bits per heavy atom. The number of hydrogen-bond donors (Lipinski definition) is 1. The maximum atomic E-state index is 5.98. The molecule has 1 N–H and O–H groups in total. The minimum Gasteiger partial charge on any atom is -0.316 e. The Hall–Kier alpha value is 0.110. The summed E-state index contributed by atoms with van der Waals surface area (Å²) in [6.45, 7) is 2.32. The molecule has 1 aliphatic rings. The zero-order valence-corrected chi connectivity index (χ0v) is 11.3. The van der Waals surface area contributed by atoms with Crippen molar-refractivity contribution < 1.29 is 0 Å². The van der Waals surface area contributed by atoms with Crippen LogP contribution in [0, 0.1) is 5.92 Å². The highest BCUT2D eigenvalue weighted by Crippen LogP contribution is 2.29. The maximum Gasteiger partial charge on any atom is 0.0603 e. The summed E-state index contributed by atoms with van der Waals surface area (Å²) in [5, 5.41) is 4.71. The second-order valence-corrected chi connectivity index (χ2v) is 6.01. The molecule has 88 valence electrons. The molecule has 0 bridgehead atoms. The molecule has 0 aliphatic carbocycles. The largest absolute Gasteiger partial charge is 0.316 e. The number of nitrogens with one attached hydrogen (secondary N) is 1. The van der Waals surface area contributed by atoms with Crippen LogP contribution in [0.25, 0.3) is 0 Å². The van der Waals surface area contributed by atoms with Crippen molar-refractivity contribution in [2.45, 2.75) is 17.7 Å². The first kappa shape index (κ1) is 12.6. The zero-order chi connectivity index (χ0) is 11.4. The van der Waals surface area contributed by atoms with Gasteiger partial charge in [0.1, 0.15) is 0 Å². The number of hydrogen-bond acceptors (Lipinski definition) is 2. The van der Waals surface area contributed by atoms with E-state index in [1.165, 1.54) is 24.3 Å². The predicted molar refractivity (Wildman–Crippen MR) is 72.8 cm³/mol. The number of piperidine rings is 1. The molecule has 0 saturated carbocycles. The smallest absolute Gasteiger partial charge is 0.0603 e. The van der Waals surface area contributed by atoms with Crippen LogP contribution < -0.4 is 5.32 Å². The van der Waals surface area contributed by atoms with Crippen molar-refractivity contribution in [3.8, 4) is 0 Å². The summed E-state index contributed by atoms with van der Waals surface area (Å²) in [6, 6.07) is 5.85. The van der Waals surface area contributed by atoms with Gasteiger partial charge in [-0.2, -0.15) is 0 Å². The SMILES string of the molecule is Clc1ccc(SCC2CCCNC2)cc1Cl. The van der Waals surface area contributed by atoms with Gasteiger partial charge in [-0.05, 0) is 50.0 Å². The highest BCUT2D eigenvalue weighted by Gasteiger charge is 2.13. The Morgan fingerprint density at radius 3 is 2.88 bits per heavy atom. The summed E-state index contributed by atoms with van der Waals surface area (Å²) in [4.78, 5) is 1.21. The highest BCUT2D eigenvalue weighted by molar-refractivity contribution is 7.99.